The van der Waals surface area contributed by atoms with E-state index in [2.05, 4.69) is 25.3 Å². The van der Waals surface area contributed by atoms with Crippen molar-refractivity contribution in [2.75, 3.05) is 0 Å². The first-order valence-electron chi connectivity index (χ1n) is 7.63. The molecule has 1 N–H and O–H groups in total. The van der Waals surface area contributed by atoms with E-state index in [1.807, 2.05) is 24.3 Å². The number of carbonyl (C=O) groups excluding carboxylic acids is 1. The maximum Gasteiger partial charge on any atom is 0.251 e. The average molecular weight is 347 g/mol. The fraction of sp³-hybridized carbons (Fsp3) is 0.0556. The number of amides is 1. The molecule has 4 aromatic rings. The molecule has 0 fully saturated rings. The van der Waals surface area contributed by atoms with Crippen molar-refractivity contribution in [1.29, 1.82) is 0 Å². The van der Waals surface area contributed by atoms with Crippen LogP contribution in [-0.2, 0) is 6.54 Å². The van der Waals surface area contributed by atoms with Crippen LogP contribution in [0.5, 0.6) is 0 Å². The maximum absolute atomic E-state index is 12.4. The van der Waals surface area contributed by atoms with Crippen molar-refractivity contribution in [3.8, 4) is 11.3 Å². The predicted octanol–water partition coefficient (Wildman–Crippen LogP) is 3.08. The molecule has 0 saturated carbocycles. The second-order valence-electron chi connectivity index (χ2n) is 5.31. The van der Waals surface area contributed by atoms with Gasteiger partial charge in [0.25, 0.3) is 5.91 Å². The molecule has 3 heterocycles. The van der Waals surface area contributed by atoms with Crippen molar-refractivity contribution >= 4 is 27.5 Å². The van der Waals surface area contributed by atoms with E-state index >= 15 is 0 Å². The third-order valence-corrected chi connectivity index (χ3v) is 4.51. The van der Waals surface area contributed by atoms with Crippen LogP contribution in [0.3, 0.4) is 0 Å². The molecule has 0 aliphatic rings. The number of rotatable bonds is 4. The van der Waals surface area contributed by atoms with Crippen LogP contribution in [0.15, 0.2) is 60.6 Å². The third-order valence-electron chi connectivity index (χ3n) is 3.72. The van der Waals surface area contributed by atoms with Crippen LogP contribution in [0.1, 0.15) is 16.1 Å². The quantitative estimate of drug-likeness (QED) is 0.613. The molecule has 1 aromatic carbocycles. The zero-order chi connectivity index (χ0) is 17.1. The molecule has 0 unspecified atom stereocenters. The van der Waals surface area contributed by atoms with Gasteiger partial charge < -0.3 is 5.32 Å². The van der Waals surface area contributed by atoms with Crippen LogP contribution < -0.4 is 5.32 Å². The SMILES string of the molecule is O=C(NCc1nccnc1-c1cccnc1)c1ccc2ncsc2c1. The number of carbonyl (C=O) groups is 1. The molecule has 4 rings (SSSR count). The zero-order valence-corrected chi connectivity index (χ0v) is 13.9. The summed E-state index contributed by atoms with van der Waals surface area (Å²) in [5.74, 6) is -0.155. The van der Waals surface area contributed by atoms with Gasteiger partial charge in [0.1, 0.15) is 0 Å². The Hall–Kier alpha value is -3.19. The summed E-state index contributed by atoms with van der Waals surface area (Å²) in [5, 5.41) is 2.90. The number of benzene rings is 1. The summed E-state index contributed by atoms with van der Waals surface area (Å²) in [7, 11) is 0. The summed E-state index contributed by atoms with van der Waals surface area (Å²) in [6, 6.07) is 9.23. The van der Waals surface area contributed by atoms with Crippen LogP contribution in [0.2, 0.25) is 0 Å². The van der Waals surface area contributed by atoms with Crippen molar-refractivity contribution in [3.63, 3.8) is 0 Å². The summed E-state index contributed by atoms with van der Waals surface area (Å²) in [5.41, 5.74) is 5.55. The molecule has 6 nitrogen and oxygen atoms in total. The Morgan fingerprint density at radius 2 is 2.00 bits per heavy atom. The minimum absolute atomic E-state index is 0.155. The summed E-state index contributed by atoms with van der Waals surface area (Å²) in [6.45, 7) is 0.289. The monoisotopic (exact) mass is 347 g/mol. The Morgan fingerprint density at radius 3 is 2.88 bits per heavy atom. The van der Waals surface area contributed by atoms with E-state index in [0.717, 1.165) is 15.8 Å². The van der Waals surface area contributed by atoms with Gasteiger partial charge in [-0.05, 0) is 30.3 Å². The van der Waals surface area contributed by atoms with Crippen LogP contribution >= 0.6 is 11.3 Å². The van der Waals surface area contributed by atoms with Gasteiger partial charge in [0.2, 0.25) is 0 Å². The highest BCUT2D eigenvalue weighted by Gasteiger charge is 2.11. The average Bonchev–Trinajstić information content (AvgIpc) is 3.15. The molecular formula is C18H13N5OS. The number of hydrogen-bond donors (Lipinski definition) is 1. The minimum atomic E-state index is -0.155. The van der Waals surface area contributed by atoms with E-state index in [4.69, 9.17) is 0 Å². The highest BCUT2D eigenvalue weighted by atomic mass is 32.1. The van der Waals surface area contributed by atoms with Crippen molar-refractivity contribution in [1.82, 2.24) is 25.3 Å². The standard InChI is InChI=1S/C18H13N5OS/c24-18(12-3-4-14-16(8-12)25-11-23-14)22-10-15-17(21-7-6-20-15)13-2-1-5-19-9-13/h1-9,11H,10H2,(H,22,24). The molecule has 0 saturated heterocycles. The minimum Gasteiger partial charge on any atom is -0.346 e. The predicted molar refractivity (Wildman–Crippen MR) is 96.1 cm³/mol. The Bertz CT molecular complexity index is 1030. The molecule has 0 spiro atoms. The maximum atomic E-state index is 12.4. The van der Waals surface area contributed by atoms with E-state index < -0.39 is 0 Å². The first-order chi connectivity index (χ1) is 12.3. The number of nitrogens with zero attached hydrogens (tertiary/aromatic N) is 4. The normalized spacial score (nSPS) is 10.7. The van der Waals surface area contributed by atoms with Crippen LogP contribution in [0, 0.1) is 0 Å². The highest BCUT2D eigenvalue weighted by molar-refractivity contribution is 7.16. The van der Waals surface area contributed by atoms with Crippen molar-refractivity contribution in [3.05, 3.63) is 71.9 Å². The number of fused-ring (bicyclic) bond motifs is 1. The molecule has 0 aliphatic heterocycles. The van der Waals surface area contributed by atoms with Crippen molar-refractivity contribution in [2.45, 2.75) is 6.54 Å². The molecule has 122 valence electrons. The first kappa shape index (κ1) is 15.3. The van der Waals surface area contributed by atoms with Crippen LogP contribution in [0.4, 0.5) is 0 Å². The van der Waals surface area contributed by atoms with Gasteiger partial charge in [0.15, 0.2) is 0 Å². The lowest BCUT2D eigenvalue weighted by atomic mass is 10.1. The highest BCUT2D eigenvalue weighted by Crippen LogP contribution is 2.20. The first-order valence-corrected chi connectivity index (χ1v) is 8.51. The molecule has 25 heavy (non-hydrogen) atoms. The summed E-state index contributed by atoms with van der Waals surface area (Å²) in [4.78, 5) is 29.5. The molecular weight excluding hydrogens is 334 g/mol. The number of thiazole rings is 1. The number of aromatic nitrogens is 4. The van der Waals surface area contributed by atoms with E-state index in [-0.39, 0.29) is 12.5 Å². The fourth-order valence-electron chi connectivity index (χ4n) is 2.50. The molecule has 7 heteroatoms. The second kappa shape index (κ2) is 6.74. The Balaban J connectivity index is 1.54. The largest absolute Gasteiger partial charge is 0.346 e. The molecule has 0 atom stereocenters. The Labute approximate surface area is 147 Å². The Kier molecular flexibility index (Phi) is 4.14. The van der Waals surface area contributed by atoms with E-state index in [9.17, 15) is 4.79 Å². The van der Waals surface area contributed by atoms with Gasteiger partial charge in [-0.1, -0.05) is 0 Å². The topological polar surface area (TPSA) is 80.7 Å². The smallest absolute Gasteiger partial charge is 0.251 e. The van der Waals surface area contributed by atoms with Crippen LogP contribution in [-0.4, -0.2) is 25.8 Å². The lowest BCUT2D eigenvalue weighted by Crippen LogP contribution is -2.23. The van der Waals surface area contributed by atoms with Crippen molar-refractivity contribution < 1.29 is 4.79 Å². The summed E-state index contributed by atoms with van der Waals surface area (Å²) < 4.78 is 0.989. The van der Waals surface area contributed by atoms with Crippen molar-refractivity contribution in [2.24, 2.45) is 0 Å². The molecule has 1 amide bonds. The Morgan fingerprint density at radius 1 is 1.08 bits per heavy atom. The number of nitrogens with one attached hydrogen (secondary N) is 1. The number of pyridine rings is 1. The molecule has 0 radical (unpaired) electrons. The van der Waals surface area contributed by atoms with E-state index in [0.29, 0.717) is 17.0 Å². The van der Waals surface area contributed by atoms with Gasteiger partial charge in [-0.3, -0.25) is 19.7 Å². The third kappa shape index (κ3) is 3.22. The lowest BCUT2D eigenvalue weighted by molar-refractivity contribution is 0.0950. The van der Waals surface area contributed by atoms with Gasteiger partial charge in [0.05, 0.1) is 33.7 Å². The molecule has 0 bridgehead atoms. The number of hydrogen-bond acceptors (Lipinski definition) is 6. The summed E-state index contributed by atoms with van der Waals surface area (Å²) in [6.07, 6.45) is 6.68. The molecule has 3 aromatic heterocycles. The van der Waals surface area contributed by atoms with Gasteiger partial charge in [-0.2, -0.15) is 0 Å². The van der Waals surface area contributed by atoms with Gasteiger partial charge in [-0.25, -0.2) is 4.98 Å². The van der Waals surface area contributed by atoms with Gasteiger partial charge >= 0.3 is 0 Å². The van der Waals surface area contributed by atoms with Crippen LogP contribution in [0.25, 0.3) is 21.5 Å². The van der Waals surface area contributed by atoms with Gasteiger partial charge in [-0.15, -0.1) is 11.3 Å². The summed E-state index contributed by atoms with van der Waals surface area (Å²) >= 11 is 1.51. The van der Waals surface area contributed by atoms with E-state index in [1.165, 1.54) is 11.3 Å². The van der Waals surface area contributed by atoms with Gasteiger partial charge in [0, 0.05) is 35.9 Å². The lowest BCUT2D eigenvalue weighted by Gasteiger charge is -2.09. The fourth-order valence-corrected chi connectivity index (χ4v) is 3.22. The van der Waals surface area contributed by atoms with E-state index in [1.54, 1.807) is 36.4 Å². The molecule has 0 aliphatic carbocycles. The zero-order valence-electron chi connectivity index (χ0n) is 13.1. The second-order valence-corrected chi connectivity index (χ2v) is 6.20.